The van der Waals surface area contributed by atoms with Gasteiger partial charge in [0.15, 0.2) is 0 Å². The molecule has 0 aliphatic heterocycles. The molecule has 136 valence electrons. The number of methoxy groups -OCH3 is 1. The molecule has 2 amide bonds. The third-order valence-corrected chi connectivity index (χ3v) is 4.44. The summed E-state index contributed by atoms with van der Waals surface area (Å²) >= 11 is 3.49. The number of aromatic nitrogens is 2. The molecule has 1 heterocycles. The molecule has 0 saturated heterocycles. The van der Waals surface area contributed by atoms with Crippen LogP contribution in [0.25, 0.3) is 11.3 Å². The van der Waals surface area contributed by atoms with Gasteiger partial charge in [0.25, 0.3) is 0 Å². The fourth-order valence-corrected chi connectivity index (χ4v) is 3.21. The van der Waals surface area contributed by atoms with Crippen LogP contribution in [0, 0.1) is 11.3 Å². The molecule has 1 aromatic heterocycles. The van der Waals surface area contributed by atoms with Gasteiger partial charge in [-0.1, -0.05) is 6.07 Å². The number of urea groups is 1. The zero-order valence-corrected chi connectivity index (χ0v) is 16.2. The maximum atomic E-state index is 12.3. The Labute approximate surface area is 164 Å². The molecule has 7 nitrogen and oxygen atoms in total. The van der Waals surface area contributed by atoms with E-state index in [4.69, 9.17) is 10.00 Å². The summed E-state index contributed by atoms with van der Waals surface area (Å²) < 4.78 is 7.98. The molecule has 0 radical (unpaired) electrons. The first-order valence-corrected chi connectivity index (χ1v) is 8.75. The predicted molar refractivity (Wildman–Crippen MR) is 107 cm³/mol. The molecule has 3 aromatic rings. The first-order chi connectivity index (χ1) is 13.0. The number of nitriles is 1. The van der Waals surface area contributed by atoms with Gasteiger partial charge in [0.1, 0.15) is 5.75 Å². The number of hydrogen-bond acceptors (Lipinski definition) is 4. The topological polar surface area (TPSA) is 92.0 Å². The lowest BCUT2D eigenvalue weighted by molar-refractivity contribution is 0.262. The van der Waals surface area contributed by atoms with Crippen molar-refractivity contribution >= 4 is 33.3 Å². The van der Waals surface area contributed by atoms with Gasteiger partial charge in [-0.2, -0.15) is 10.4 Å². The molecule has 0 saturated carbocycles. The molecule has 0 bridgehead atoms. The minimum Gasteiger partial charge on any atom is -0.496 e. The Morgan fingerprint density at radius 1 is 1.22 bits per heavy atom. The van der Waals surface area contributed by atoms with E-state index < -0.39 is 6.03 Å². The van der Waals surface area contributed by atoms with E-state index in [2.05, 4.69) is 31.7 Å². The second-order valence-corrected chi connectivity index (χ2v) is 6.51. The molecule has 8 heteroatoms. The van der Waals surface area contributed by atoms with E-state index in [9.17, 15) is 4.79 Å². The van der Waals surface area contributed by atoms with Gasteiger partial charge in [-0.25, -0.2) is 4.79 Å². The number of carbonyl (C=O) groups is 1. The summed E-state index contributed by atoms with van der Waals surface area (Å²) in [6, 6.07) is 13.7. The van der Waals surface area contributed by atoms with Crippen molar-refractivity contribution in [2.45, 2.75) is 0 Å². The van der Waals surface area contributed by atoms with Gasteiger partial charge in [-0.05, 0) is 52.3 Å². The third-order valence-electron chi connectivity index (χ3n) is 3.86. The Balaban J connectivity index is 1.84. The van der Waals surface area contributed by atoms with Crippen LogP contribution in [0.2, 0.25) is 0 Å². The first kappa shape index (κ1) is 18.5. The van der Waals surface area contributed by atoms with Gasteiger partial charge >= 0.3 is 6.03 Å². The lowest BCUT2D eigenvalue weighted by Crippen LogP contribution is -2.19. The van der Waals surface area contributed by atoms with E-state index in [0.29, 0.717) is 22.7 Å². The first-order valence-electron chi connectivity index (χ1n) is 7.96. The summed E-state index contributed by atoms with van der Waals surface area (Å²) in [5.41, 5.74) is 3.22. The van der Waals surface area contributed by atoms with E-state index in [0.717, 1.165) is 15.7 Å². The number of ether oxygens (including phenoxy) is 1. The van der Waals surface area contributed by atoms with E-state index in [1.165, 1.54) is 0 Å². The van der Waals surface area contributed by atoms with Gasteiger partial charge in [0.2, 0.25) is 0 Å². The van der Waals surface area contributed by atoms with Gasteiger partial charge in [-0.15, -0.1) is 0 Å². The molecular weight excluding hydrogens is 410 g/mol. The molecular formula is C19H16BrN5O2. The zero-order chi connectivity index (χ0) is 19.4. The average Bonchev–Trinajstić information content (AvgIpc) is 3.00. The fourth-order valence-electron chi connectivity index (χ4n) is 2.64. The van der Waals surface area contributed by atoms with Crippen molar-refractivity contribution in [3.63, 3.8) is 0 Å². The van der Waals surface area contributed by atoms with E-state index in [1.54, 1.807) is 54.4 Å². The average molecular weight is 426 g/mol. The molecule has 2 aromatic carbocycles. The van der Waals surface area contributed by atoms with Crippen LogP contribution in [-0.2, 0) is 7.05 Å². The van der Waals surface area contributed by atoms with E-state index in [-0.39, 0.29) is 0 Å². The number of hydrogen-bond donors (Lipinski definition) is 2. The van der Waals surface area contributed by atoms with Crippen molar-refractivity contribution < 1.29 is 9.53 Å². The van der Waals surface area contributed by atoms with Crippen LogP contribution >= 0.6 is 15.9 Å². The Hall–Kier alpha value is -3.31. The van der Waals surface area contributed by atoms with Gasteiger partial charge in [0, 0.05) is 24.0 Å². The van der Waals surface area contributed by atoms with Crippen LogP contribution in [0.4, 0.5) is 16.2 Å². The van der Waals surface area contributed by atoms with Crippen molar-refractivity contribution in [3.05, 3.63) is 58.7 Å². The van der Waals surface area contributed by atoms with Crippen molar-refractivity contribution in [1.82, 2.24) is 9.78 Å². The number of nitrogens with zero attached hydrogens (tertiary/aromatic N) is 3. The number of aryl methyl sites for hydroxylation is 1. The lowest BCUT2D eigenvalue weighted by Gasteiger charge is -2.13. The van der Waals surface area contributed by atoms with Crippen molar-refractivity contribution in [2.24, 2.45) is 7.05 Å². The van der Waals surface area contributed by atoms with Crippen LogP contribution in [0.1, 0.15) is 5.56 Å². The molecule has 3 rings (SSSR count). The Bertz CT molecular complexity index is 1020. The molecule has 0 fully saturated rings. The predicted octanol–water partition coefficient (Wildman–Crippen LogP) is 4.37. The molecule has 0 spiro atoms. The van der Waals surface area contributed by atoms with Gasteiger partial charge < -0.3 is 15.4 Å². The SMILES string of the molecule is COc1ccc(NC(=O)Nc2cccc(C#N)c2)cc1-c1c(Br)cnn1C. The van der Waals surface area contributed by atoms with Gasteiger partial charge in [-0.3, -0.25) is 4.68 Å². The normalized spacial score (nSPS) is 10.1. The number of rotatable bonds is 4. The molecule has 0 aliphatic carbocycles. The van der Waals surface area contributed by atoms with Crippen LogP contribution in [0.5, 0.6) is 5.75 Å². The summed E-state index contributed by atoms with van der Waals surface area (Å²) in [5.74, 6) is 0.659. The summed E-state index contributed by atoms with van der Waals surface area (Å²) in [5, 5.41) is 18.7. The largest absolute Gasteiger partial charge is 0.496 e. The summed E-state index contributed by atoms with van der Waals surface area (Å²) in [6.07, 6.45) is 1.70. The lowest BCUT2D eigenvalue weighted by atomic mass is 10.1. The molecule has 0 atom stereocenters. The van der Waals surface area contributed by atoms with Crippen molar-refractivity contribution in [3.8, 4) is 23.1 Å². The number of nitrogens with one attached hydrogen (secondary N) is 2. The van der Waals surface area contributed by atoms with Crippen LogP contribution in [0.15, 0.2) is 53.1 Å². The monoisotopic (exact) mass is 425 g/mol. The quantitative estimate of drug-likeness (QED) is 0.648. The Kier molecular flexibility index (Phi) is 5.43. The number of anilines is 2. The van der Waals surface area contributed by atoms with Crippen LogP contribution in [0.3, 0.4) is 0 Å². The number of halogens is 1. The molecule has 0 unspecified atom stereocenters. The van der Waals surface area contributed by atoms with E-state index in [1.807, 2.05) is 19.2 Å². The zero-order valence-electron chi connectivity index (χ0n) is 14.7. The van der Waals surface area contributed by atoms with Crippen LogP contribution < -0.4 is 15.4 Å². The van der Waals surface area contributed by atoms with E-state index >= 15 is 0 Å². The fraction of sp³-hybridized carbons (Fsp3) is 0.105. The van der Waals surface area contributed by atoms with Gasteiger partial charge in [0.05, 0.1) is 35.1 Å². The molecule has 2 N–H and O–H groups in total. The smallest absolute Gasteiger partial charge is 0.323 e. The maximum Gasteiger partial charge on any atom is 0.323 e. The highest BCUT2D eigenvalue weighted by Crippen LogP contribution is 2.36. The molecule has 27 heavy (non-hydrogen) atoms. The standard InChI is InChI=1S/C19H16BrN5O2/c1-25-18(16(20)11-22-25)15-9-14(6-7-17(15)27-2)24-19(26)23-13-5-3-4-12(8-13)10-21/h3-9,11H,1-2H3,(H2,23,24,26). The highest BCUT2D eigenvalue weighted by atomic mass is 79.9. The molecule has 0 aliphatic rings. The second-order valence-electron chi connectivity index (χ2n) is 5.65. The van der Waals surface area contributed by atoms with Crippen molar-refractivity contribution in [2.75, 3.05) is 17.7 Å². The highest BCUT2D eigenvalue weighted by Gasteiger charge is 2.15. The Morgan fingerprint density at radius 3 is 2.59 bits per heavy atom. The second kappa shape index (κ2) is 7.93. The number of benzene rings is 2. The highest BCUT2D eigenvalue weighted by molar-refractivity contribution is 9.10. The minimum absolute atomic E-state index is 0.412. The summed E-state index contributed by atoms with van der Waals surface area (Å²) in [6.45, 7) is 0. The number of amides is 2. The third kappa shape index (κ3) is 4.10. The Morgan fingerprint density at radius 2 is 1.96 bits per heavy atom. The van der Waals surface area contributed by atoms with Crippen LogP contribution in [-0.4, -0.2) is 22.9 Å². The number of carbonyl (C=O) groups excluding carboxylic acids is 1. The summed E-state index contributed by atoms with van der Waals surface area (Å²) in [4.78, 5) is 12.3. The maximum absolute atomic E-state index is 12.3. The van der Waals surface area contributed by atoms with Crippen molar-refractivity contribution in [1.29, 1.82) is 5.26 Å². The minimum atomic E-state index is -0.412. The summed E-state index contributed by atoms with van der Waals surface area (Å²) in [7, 11) is 3.42.